The van der Waals surface area contributed by atoms with E-state index in [0.29, 0.717) is 34.1 Å². The second-order valence-corrected chi connectivity index (χ2v) is 7.37. The van der Waals surface area contributed by atoms with Crippen LogP contribution < -0.4 is 14.9 Å². The molecule has 0 aliphatic rings. The van der Waals surface area contributed by atoms with Gasteiger partial charge in [0.1, 0.15) is 0 Å². The highest BCUT2D eigenvalue weighted by molar-refractivity contribution is 6.30. The summed E-state index contributed by atoms with van der Waals surface area (Å²) in [6.45, 7) is 2.14. The number of nitrogens with zero attached hydrogens (tertiary/aromatic N) is 2. The predicted molar refractivity (Wildman–Crippen MR) is 127 cm³/mol. The number of nitrogens with one attached hydrogen (secondary N) is 1. The van der Waals surface area contributed by atoms with Gasteiger partial charge in [0.15, 0.2) is 11.5 Å². The number of hydrazone groups is 1. The largest absolute Gasteiger partial charge is 0.490 e. The quantitative estimate of drug-likeness (QED) is 0.157. The number of nitro groups is 1. The molecule has 34 heavy (non-hydrogen) atoms. The van der Waals surface area contributed by atoms with E-state index in [1.54, 1.807) is 49.4 Å². The molecule has 3 aromatic rings. The Kier molecular flexibility index (Phi) is 8.31. The Hall–Kier alpha value is -4.24. The zero-order valence-corrected chi connectivity index (χ0v) is 18.8. The molecule has 3 rings (SSSR count). The maximum absolute atomic E-state index is 12.4. The van der Waals surface area contributed by atoms with Crippen LogP contribution in [-0.4, -0.2) is 29.6 Å². The van der Waals surface area contributed by atoms with Crippen LogP contribution in [0.4, 0.5) is 5.69 Å². The number of carbonyl (C=O) groups is 2. The van der Waals surface area contributed by atoms with Crippen LogP contribution in [0, 0.1) is 10.1 Å². The number of nitro benzene ring substituents is 1. The lowest BCUT2D eigenvalue weighted by molar-refractivity contribution is -0.384. The van der Waals surface area contributed by atoms with Gasteiger partial charge in [-0.2, -0.15) is 5.10 Å². The molecule has 0 fully saturated rings. The lowest BCUT2D eigenvalue weighted by Crippen LogP contribution is -2.19. The van der Waals surface area contributed by atoms with Crippen LogP contribution in [0.5, 0.6) is 11.5 Å². The van der Waals surface area contributed by atoms with Crippen LogP contribution in [0.25, 0.3) is 0 Å². The highest BCUT2D eigenvalue weighted by Gasteiger charge is 2.13. The van der Waals surface area contributed by atoms with E-state index in [0.717, 1.165) is 0 Å². The van der Waals surface area contributed by atoms with E-state index in [1.807, 2.05) is 0 Å². The summed E-state index contributed by atoms with van der Waals surface area (Å²) in [5, 5.41) is 15.1. The Labute approximate surface area is 200 Å². The molecule has 0 unspecified atom stereocenters. The highest BCUT2D eigenvalue weighted by atomic mass is 35.5. The molecule has 0 saturated carbocycles. The molecule has 1 N–H and O–H groups in total. The summed E-state index contributed by atoms with van der Waals surface area (Å²) < 4.78 is 11.0. The van der Waals surface area contributed by atoms with Gasteiger partial charge in [-0.05, 0) is 60.5 Å². The van der Waals surface area contributed by atoms with Crippen molar-refractivity contribution >= 4 is 35.4 Å². The minimum Gasteiger partial charge on any atom is -0.490 e. The zero-order valence-electron chi connectivity index (χ0n) is 18.1. The number of hydrogen-bond acceptors (Lipinski definition) is 7. The highest BCUT2D eigenvalue weighted by Crippen LogP contribution is 2.29. The summed E-state index contributed by atoms with van der Waals surface area (Å²) in [5.41, 5.74) is 3.91. The molecule has 0 saturated heterocycles. The first-order valence-electron chi connectivity index (χ1n) is 10.2. The molecule has 0 aromatic heterocycles. The number of non-ortho nitro benzene ring substituents is 1. The molecule has 174 valence electrons. The van der Waals surface area contributed by atoms with Gasteiger partial charge in [-0.15, -0.1) is 0 Å². The fourth-order valence-electron chi connectivity index (χ4n) is 2.84. The van der Waals surface area contributed by atoms with E-state index >= 15 is 0 Å². The van der Waals surface area contributed by atoms with Crippen molar-refractivity contribution in [2.24, 2.45) is 5.10 Å². The normalized spacial score (nSPS) is 10.6. The van der Waals surface area contributed by atoms with Gasteiger partial charge in [0.05, 0.1) is 29.7 Å². The lowest BCUT2D eigenvalue weighted by Gasteiger charge is -2.11. The molecular formula is C24H20ClN3O6. The molecule has 9 nitrogen and oxygen atoms in total. The maximum Gasteiger partial charge on any atom is 0.343 e. The SMILES string of the molecule is CCOc1cc(/C=N/NC(=O)Cc2ccc([N+](=O)[O-])cc2)ccc1OC(=O)c1ccc(Cl)cc1. The number of carbonyl (C=O) groups excluding carboxylic acids is 2. The second-order valence-electron chi connectivity index (χ2n) is 6.93. The zero-order chi connectivity index (χ0) is 24.5. The molecule has 0 radical (unpaired) electrons. The van der Waals surface area contributed by atoms with E-state index in [-0.39, 0.29) is 23.8 Å². The number of rotatable bonds is 9. The van der Waals surface area contributed by atoms with Gasteiger partial charge in [0, 0.05) is 17.2 Å². The third-order valence-electron chi connectivity index (χ3n) is 4.46. The number of benzene rings is 3. The summed E-state index contributed by atoms with van der Waals surface area (Å²) in [5.74, 6) is -0.367. The van der Waals surface area contributed by atoms with Crippen LogP contribution in [-0.2, 0) is 11.2 Å². The Morgan fingerprint density at radius 1 is 1.06 bits per heavy atom. The maximum atomic E-state index is 12.4. The van der Waals surface area contributed by atoms with E-state index in [2.05, 4.69) is 10.5 Å². The summed E-state index contributed by atoms with van der Waals surface area (Å²) in [6, 6.07) is 16.9. The van der Waals surface area contributed by atoms with Crippen molar-refractivity contribution in [2.45, 2.75) is 13.3 Å². The Morgan fingerprint density at radius 3 is 2.41 bits per heavy atom. The van der Waals surface area contributed by atoms with Gasteiger partial charge in [-0.25, -0.2) is 10.2 Å². The molecule has 0 spiro atoms. The summed E-state index contributed by atoms with van der Waals surface area (Å²) in [4.78, 5) is 34.6. The first-order valence-corrected chi connectivity index (χ1v) is 10.5. The van der Waals surface area contributed by atoms with Gasteiger partial charge >= 0.3 is 5.97 Å². The van der Waals surface area contributed by atoms with Crippen LogP contribution in [0.3, 0.4) is 0 Å². The van der Waals surface area contributed by atoms with E-state index < -0.39 is 10.9 Å². The van der Waals surface area contributed by atoms with E-state index in [9.17, 15) is 19.7 Å². The minimum atomic E-state index is -0.558. The average Bonchev–Trinajstić information content (AvgIpc) is 2.81. The van der Waals surface area contributed by atoms with Crippen molar-refractivity contribution < 1.29 is 24.0 Å². The Balaban J connectivity index is 1.62. The smallest absolute Gasteiger partial charge is 0.343 e. The van der Waals surface area contributed by atoms with Crippen molar-refractivity contribution in [3.8, 4) is 11.5 Å². The average molecular weight is 482 g/mol. The molecule has 0 aliphatic carbocycles. The molecule has 1 amide bonds. The van der Waals surface area contributed by atoms with Crippen LogP contribution in [0.2, 0.25) is 5.02 Å². The van der Waals surface area contributed by atoms with Crippen molar-refractivity contribution in [1.29, 1.82) is 0 Å². The Morgan fingerprint density at radius 2 is 1.76 bits per heavy atom. The number of hydrogen-bond donors (Lipinski definition) is 1. The molecule has 0 atom stereocenters. The van der Waals surface area contributed by atoms with Gasteiger partial charge in [-0.1, -0.05) is 23.7 Å². The van der Waals surface area contributed by atoms with Gasteiger partial charge < -0.3 is 9.47 Å². The summed E-state index contributed by atoms with van der Waals surface area (Å²) in [7, 11) is 0. The van der Waals surface area contributed by atoms with Crippen molar-refractivity contribution in [3.05, 3.63) is 98.6 Å². The van der Waals surface area contributed by atoms with Crippen LogP contribution in [0.15, 0.2) is 71.8 Å². The third-order valence-corrected chi connectivity index (χ3v) is 4.72. The van der Waals surface area contributed by atoms with E-state index in [1.165, 1.54) is 30.5 Å². The van der Waals surface area contributed by atoms with Gasteiger partial charge in [-0.3, -0.25) is 14.9 Å². The fourth-order valence-corrected chi connectivity index (χ4v) is 2.97. The first-order chi connectivity index (χ1) is 16.4. The molecule has 10 heteroatoms. The van der Waals surface area contributed by atoms with Crippen LogP contribution >= 0.6 is 11.6 Å². The van der Waals surface area contributed by atoms with Crippen molar-refractivity contribution in [2.75, 3.05) is 6.61 Å². The number of ether oxygens (including phenoxy) is 2. The van der Waals surface area contributed by atoms with E-state index in [4.69, 9.17) is 21.1 Å². The second kappa shape index (κ2) is 11.6. The molecule has 0 heterocycles. The number of halogens is 1. The molecule has 0 bridgehead atoms. The first kappa shape index (κ1) is 24.4. The molecular weight excluding hydrogens is 462 g/mol. The summed E-state index contributed by atoms with van der Waals surface area (Å²) >= 11 is 5.85. The van der Waals surface area contributed by atoms with Crippen molar-refractivity contribution in [1.82, 2.24) is 5.43 Å². The predicted octanol–water partition coefficient (Wildman–Crippen LogP) is 4.56. The molecule has 0 aliphatic heterocycles. The molecule has 3 aromatic carbocycles. The summed E-state index contributed by atoms with van der Waals surface area (Å²) in [6.07, 6.45) is 1.43. The standard InChI is InChI=1S/C24H20ClN3O6/c1-2-33-22-13-17(5-12-21(22)34-24(30)18-6-8-19(25)9-7-18)15-26-27-23(29)14-16-3-10-20(11-4-16)28(31)32/h3-13,15H,2,14H2,1H3,(H,27,29)/b26-15+. The lowest BCUT2D eigenvalue weighted by atomic mass is 10.1. The van der Waals surface area contributed by atoms with Gasteiger partial charge in [0.2, 0.25) is 5.91 Å². The third kappa shape index (κ3) is 6.88. The minimum absolute atomic E-state index is 0.0130. The topological polar surface area (TPSA) is 120 Å². The van der Waals surface area contributed by atoms with Crippen molar-refractivity contribution in [3.63, 3.8) is 0 Å². The van der Waals surface area contributed by atoms with Gasteiger partial charge in [0.25, 0.3) is 5.69 Å². The number of amides is 1. The number of esters is 1. The fraction of sp³-hybridized carbons (Fsp3) is 0.125. The Bertz CT molecular complexity index is 1210. The van der Waals surface area contributed by atoms with Crippen LogP contribution in [0.1, 0.15) is 28.4 Å². The monoisotopic (exact) mass is 481 g/mol.